The summed E-state index contributed by atoms with van der Waals surface area (Å²) in [6.07, 6.45) is 0.770. The fourth-order valence-electron chi connectivity index (χ4n) is 1.81. The van der Waals surface area contributed by atoms with E-state index in [1.54, 1.807) is 18.2 Å². The van der Waals surface area contributed by atoms with Gasteiger partial charge in [0.25, 0.3) is 5.91 Å². The van der Waals surface area contributed by atoms with E-state index in [2.05, 4.69) is 5.32 Å². The summed E-state index contributed by atoms with van der Waals surface area (Å²) in [5.74, 6) is -1.13. The number of aryl methyl sites for hydroxylation is 1. The highest BCUT2D eigenvalue weighted by Gasteiger charge is 2.13. The molecule has 1 aromatic rings. The van der Waals surface area contributed by atoms with Crippen molar-refractivity contribution in [3.05, 3.63) is 34.3 Å². The highest BCUT2D eigenvalue weighted by Crippen LogP contribution is 2.15. The molecule has 0 aliphatic rings. The summed E-state index contributed by atoms with van der Waals surface area (Å²) in [5, 5.41) is 12.0. The molecule has 0 bridgehead atoms. The number of halogens is 1. The van der Waals surface area contributed by atoms with Crippen LogP contribution in [0.25, 0.3) is 0 Å². The maximum atomic E-state index is 11.9. The van der Waals surface area contributed by atoms with Crippen LogP contribution in [0.3, 0.4) is 0 Å². The molecule has 1 atom stereocenters. The van der Waals surface area contributed by atoms with Crippen LogP contribution in [0.2, 0.25) is 5.02 Å². The number of rotatable bonds is 6. The standard InChI is InChI=1S/C14H18ClNO3/c1-3-10(6-13(17)18)8-16-14(19)11-4-9(2)5-12(15)7-11/h4-5,7,10H,3,6,8H2,1-2H3,(H,16,19)(H,17,18). The second-order valence-electron chi connectivity index (χ2n) is 4.60. The third kappa shape index (κ3) is 5.30. The van der Waals surface area contributed by atoms with Crippen LogP contribution >= 0.6 is 11.6 Å². The SMILES string of the molecule is CCC(CNC(=O)c1cc(C)cc(Cl)c1)CC(=O)O. The van der Waals surface area contributed by atoms with Crippen LogP contribution in [0.15, 0.2) is 18.2 Å². The first kappa shape index (κ1) is 15.5. The van der Waals surface area contributed by atoms with Gasteiger partial charge in [-0.15, -0.1) is 0 Å². The third-order valence-corrected chi connectivity index (χ3v) is 3.11. The van der Waals surface area contributed by atoms with Crippen LogP contribution in [-0.2, 0) is 4.79 Å². The Morgan fingerprint density at radius 1 is 1.37 bits per heavy atom. The van der Waals surface area contributed by atoms with Crippen molar-refractivity contribution in [1.29, 1.82) is 0 Å². The van der Waals surface area contributed by atoms with E-state index in [-0.39, 0.29) is 18.2 Å². The zero-order valence-corrected chi connectivity index (χ0v) is 11.8. The second-order valence-corrected chi connectivity index (χ2v) is 5.04. The minimum Gasteiger partial charge on any atom is -0.481 e. The van der Waals surface area contributed by atoms with E-state index in [9.17, 15) is 9.59 Å². The minimum absolute atomic E-state index is 0.0540. The molecule has 1 rings (SSSR count). The van der Waals surface area contributed by atoms with Crippen LogP contribution in [0.1, 0.15) is 35.7 Å². The predicted octanol–water partition coefficient (Wildman–Crippen LogP) is 2.88. The first-order valence-electron chi connectivity index (χ1n) is 6.19. The Morgan fingerprint density at radius 3 is 2.58 bits per heavy atom. The summed E-state index contributed by atoms with van der Waals surface area (Å²) >= 11 is 5.90. The van der Waals surface area contributed by atoms with E-state index in [1.165, 1.54) is 0 Å². The van der Waals surface area contributed by atoms with E-state index in [1.807, 2.05) is 13.8 Å². The summed E-state index contributed by atoms with van der Waals surface area (Å²) < 4.78 is 0. The molecule has 0 aromatic heterocycles. The molecule has 0 spiro atoms. The number of aliphatic carboxylic acids is 1. The Kier molecular flexibility index (Phi) is 5.83. The fourth-order valence-corrected chi connectivity index (χ4v) is 2.10. The molecular formula is C14H18ClNO3. The van der Waals surface area contributed by atoms with Crippen molar-refractivity contribution in [2.75, 3.05) is 6.54 Å². The summed E-state index contributed by atoms with van der Waals surface area (Å²) in [5.41, 5.74) is 1.41. The first-order chi connectivity index (χ1) is 8.92. The normalized spacial score (nSPS) is 11.9. The van der Waals surface area contributed by atoms with Gasteiger partial charge in [0.05, 0.1) is 0 Å². The van der Waals surface area contributed by atoms with Gasteiger partial charge < -0.3 is 10.4 Å². The number of hydrogen-bond acceptors (Lipinski definition) is 2. The van der Waals surface area contributed by atoms with Crippen molar-refractivity contribution in [1.82, 2.24) is 5.32 Å². The highest BCUT2D eigenvalue weighted by atomic mass is 35.5. The van der Waals surface area contributed by atoms with E-state index in [4.69, 9.17) is 16.7 Å². The van der Waals surface area contributed by atoms with Gasteiger partial charge in [0, 0.05) is 23.6 Å². The number of carboxylic acids is 1. The van der Waals surface area contributed by atoms with Gasteiger partial charge >= 0.3 is 5.97 Å². The molecular weight excluding hydrogens is 266 g/mol. The minimum atomic E-state index is -0.848. The molecule has 104 valence electrons. The maximum Gasteiger partial charge on any atom is 0.303 e. The third-order valence-electron chi connectivity index (χ3n) is 2.90. The van der Waals surface area contributed by atoms with E-state index >= 15 is 0 Å². The van der Waals surface area contributed by atoms with Crippen LogP contribution in [0.4, 0.5) is 0 Å². The van der Waals surface area contributed by atoms with E-state index in [0.717, 1.165) is 5.56 Å². The summed E-state index contributed by atoms with van der Waals surface area (Å²) in [7, 11) is 0. The van der Waals surface area contributed by atoms with Gasteiger partial charge in [0.2, 0.25) is 0 Å². The largest absolute Gasteiger partial charge is 0.481 e. The summed E-state index contributed by atoms with van der Waals surface area (Å²) in [6, 6.07) is 5.12. The predicted molar refractivity (Wildman–Crippen MR) is 74.6 cm³/mol. The Bertz CT molecular complexity index is 454. The second kappa shape index (κ2) is 7.14. The van der Waals surface area contributed by atoms with Crippen molar-refractivity contribution < 1.29 is 14.7 Å². The first-order valence-corrected chi connectivity index (χ1v) is 6.57. The van der Waals surface area contributed by atoms with Crippen molar-refractivity contribution in [2.24, 2.45) is 5.92 Å². The Balaban J connectivity index is 2.61. The molecule has 1 amide bonds. The number of benzene rings is 1. The monoisotopic (exact) mass is 283 g/mol. The Morgan fingerprint density at radius 2 is 2.05 bits per heavy atom. The van der Waals surface area contributed by atoms with Gasteiger partial charge in [-0.25, -0.2) is 0 Å². The van der Waals surface area contributed by atoms with Crippen LogP contribution < -0.4 is 5.32 Å². The number of carbonyl (C=O) groups excluding carboxylic acids is 1. The topological polar surface area (TPSA) is 66.4 Å². The smallest absolute Gasteiger partial charge is 0.303 e. The Labute approximate surface area is 117 Å². The molecule has 0 aliphatic heterocycles. The number of hydrogen-bond donors (Lipinski definition) is 2. The Hall–Kier alpha value is -1.55. The lowest BCUT2D eigenvalue weighted by atomic mass is 10.0. The van der Waals surface area contributed by atoms with Crippen molar-refractivity contribution in [3.8, 4) is 0 Å². The van der Waals surface area contributed by atoms with Crippen LogP contribution in [-0.4, -0.2) is 23.5 Å². The molecule has 2 N–H and O–H groups in total. The van der Waals surface area contributed by atoms with Crippen LogP contribution in [0.5, 0.6) is 0 Å². The quantitative estimate of drug-likeness (QED) is 0.843. The maximum absolute atomic E-state index is 11.9. The molecule has 0 radical (unpaired) electrons. The number of nitrogens with one attached hydrogen (secondary N) is 1. The van der Waals surface area contributed by atoms with Gasteiger partial charge in [0.15, 0.2) is 0 Å². The number of amides is 1. The molecule has 4 nitrogen and oxygen atoms in total. The van der Waals surface area contributed by atoms with E-state index < -0.39 is 5.97 Å². The van der Waals surface area contributed by atoms with E-state index in [0.29, 0.717) is 23.6 Å². The number of carboxylic acid groups (broad SMARTS) is 1. The van der Waals surface area contributed by atoms with Crippen molar-refractivity contribution in [2.45, 2.75) is 26.7 Å². The molecule has 19 heavy (non-hydrogen) atoms. The fraction of sp³-hybridized carbons (Fsp3) is 0.429. The molecule has 0 aliphatic carbocycles. The molecule has 0 heterocycles. The molecule has 0 saturated heterocycles. The zero-order chi connectivity index (χ0) is 14.4. The highest BCUT2D eigenvalue weighted by molar-refractivity contribution is 6.31. The molecule has 5 heteroatoms. The van der Waals surface area contributed by atoms with Crippen molar-refractivity contribution in [3.63, 3.8) is 0 Å². The van der Waals surface area contributed by atoms with Crippen molar-refractivity contribution >= 4 is 23.5 Å². The average molecular weight is 284 g/mol. The average Bonchev–Trinajstić information content (AvgIpc) is 2.32. The van der Waals surface area contributed by atoms with Gasteiger partial charge in [-0.05, 0) is 36.6 Å². The van der Waals surface area contributed by atoms with Gasteiger partial charge in [0.1, 0.15) is 0 Å². The molecule has 1 aromatic carbocycles. The summed E-state index contributed by atoms with van der Waals surface area (Å²) in [4.78, 5) is 22.6. The zero-order valence-electron chi connectivity index (χ0n) is 11.1. The van der Waals surface area contributed by atoms with Crippen LogP contribution in [0, 0.1) is 12.8 Å². The number of carbonyl (C=O) groups is 2. The lowest BCUT2D eigenvalue weighted by Crippen LogP contribution is -2.30. The lowest BCUT2D eigenvalue weighted by molar-refractivity contribution is -0.138. The molecule has 0 saturated carbocycles. The van der Waals surface area contributed by atoms with Gasteiger partial charge in [-0.1, -0.05) is 24.9 Å². The van der Waals surface area contributed by atoms with Gasteiger partial charge in [-0.2, -0.15) is 0 Å². The molecule has 1 unspecified atom stereocenters. The lowest BCUT2D eigenvalue weighted by Gasteiger charge is -2.13. The van der Waals surface area contributed by atoms with Gasteiger partial charge in [-0.3, -0.25) is 9.59 Å². The summed E-state index contributed by atoms with van der Waals surface area (Å²) in [6.45, 7) is 4.12. The molecule has 0 fully saturated rings.